The van der Waals surface area contributed by atoms with Gasteiger partial charge in [-0.2, -0.15) is 5.10 Å². The molecule has 0 amide bonds. The summed E-state index contributed by atoms with van der Waals surface area (Å²) < 4.78 is 0. The van der Waals surface area contributed by atoms with E-state index in [1.807, 2.05) is 25.4 Å². The maximum absolute atomic E-state index is 10.0. The lowest BCUT2D eigenvalue weighted by Gasteiger charge is -2.41. The highest BCUT2D eigenvalue weighted by atomic mass is 32.1. The van der Waals surface area contributed by atoms with E-state index in [0.29, 0.717) is 5.92 Å². The fourth-order valence-corrected chi connectivity index (χ4v) is 5.02. The Morgan fingerprint density at radius 1 is 1.00 bits per heavy atom. The van der Waals surface area contributed by atoms with Gasteiger partial charge in [0.2, 0.25) is 0 Å². The first-order valence-electron chi connectivity index (χ1n) is 9.47. The molecule has 0 saturated heterocycles. The highest BCUT2D eigenvalue weighted by molar-refractivity contribution is 7.19. The van der Waals surface area contributed by atoms with Crippen LogP contribution in [0.5, 0.6) is 0 Å². The molecule has 140 valence electrons. The molecule has 0 unspecified atom stereocenters. The van der Waals surface area contributed by atoms with Gasteiger partial charge in [0.25, 0.3) is 0 Å². The molecule has 4 nitrogen and oxygen atoms in total. The molecule has 1 saturated carbocycles. The average Bonchev–Trinajstić information content (AvgIpc) is 3.37. The third kappa shape index (κ3) is 3.17. The zero-order valence-electron chi connectivity index (χ0n) is 15.6. The molecule has 2 N–H and O–H groups in total. The zero-order valence-corrected chi connectivity index (χ0v) is 16.4. The number of aromatic nitrogens is 3. The van der Waals surface area contributed by atoms with Crippen molar-refractivity contribution >= 4 is 11.3 Å². The third-order valence-electron chi connectivity index (χ3n) is 5.44. The van der Waals surface area contributed by atoms with E-state index < -0.39 is 5.60 Å². The third-order valence-corrected chi connectivity index (χ3v) is 6.59. The predicted molar refractivity (Wildman–Crippen MR) is 113 cm³/mol. The van der Waals surface area contributed by atoms with E-state index in [1.165, 1.54) is 11.1 Å². The summed E-state index contributed by atoms with van der Waals surface area (Å²) in [5, 5.41) is 17.9. The number of aromatic amines is 1. The SMILES string of the molecule is CC1(O)CC(c2ccc(-c3nc(-c4cn[nH]c4)sc3-c3ccccc3)cc2)C1. The van der Waals surface area contributed by atoms with Gasteiger partial charge in [-0.05, 0) is 36.8 Å². The summed E-state index contributed by atoms with van der Waals surface area (Å²) in [5.74, 6) is 0.453. The quantitative estimate of drug-likeness (QED) is 0.486. The number of aliphatic hydroxyl groups is 1. The number of thiazole rings is 1. The minimum absolute atomic E-state index is 0.453. The Hall–Kier alpha value is -2.76. The Morgan fingerprint density at radius 3 is 2.39 bits per heavy atom. The van der Waals surface area contributed by atoms with Crippen molar-refractivity contribution < 1.29 is 5.11 Å². The van der Waals surface area contributed by atoms with Crippen LogP contribution in [0, 0.1) is 0 Å². The van der Waals surface area contributed by atoms with Crippen LogP contribution in [-0.4, -0.2) is 25.9 Å². The van der Waals surface area contributed by atoms with Gasteiger partial charge in [-0.25, -0.2) is 4.98 Å². The molecule has 2 heterocycles. The van der Waals surface area contributed by atoms with Gasteiger partial charge < -0.3 is 5.11 Å². The number of nitrogens with one attached hydrogen (secondary N) is 1. The van der Waals surface area contributed by atoms with Crippen molar-refractivity contribution in [3.8, 4) is 32.3 Å². The van der Waals surface area contributed by atoms with Gasteiger partial charge in [-0.1, -0.05) is 54.6 Å². The Labute approximate surface area is 167 Å². The second-order valence-corrected chi connectivity index (χ2v) is 8.77. The first kappa shape index (κ1) is 17.3. The topological polar surface area (TPSA) is 61.8 Å². The molecule has 0 aliphatic heterocycles. The monoisotopic (exact) mass is 387 g/mol. The molecule has 0 bridgehead atoms. The maximum Gasteiger partial charge on any atom is 0.127 e. The molecule has 5 rings (SSSR count). The fourth-order valence-electron chi connectivity index (χ4n) is 3.94. The van der Waals surface area contributed by atoms with Crippen molar-refractivity contribution in [3.05, 3.63) is 72.6 Å². The van der Waals surface area contributed by atoms with E-state index in [9.17, 15) is 5.11 Å². The van der Waals surface area contributed by atoms with E-state index in [1.54, 1.807) is 11.3 Å². The van der Waals surface area contributed by atoms with Crippen LogP contribution in [0.1, 0.15) is 31.2 Å². The molecule has 2 aromatic carbocycles. The van der Waals surface area contributed by atoms with E-state index in [0.717, 1.165) is 39.5 Å². The van der Waals surface area contributed by atoms with Crippen LogP contribution in [0.3, 0.4) is 0 Å². The molecular formula is C23H21N3OS. The van der Waals surface area contributed by atoms with E-state index >= 15 is 0 Å². The van der Waals surface area contributed by atoms with Gasteiger partial charge >= 0.3 is 0 Å². The number of benzene rings is 2. The van der Waals surface area contributed by atoms with E-state index in [-0.39, 0.29) is 0 Å². The summed E-state index contributed by atoms with van der Waals surface area (Å²) in [6, 6.07) is 19.1. The molecule has 4 aromatic rings. The second kappa shape index (κ2) is 6.69. The van der Waals surface area contributed by atoms with Crippen LogP contribution in [0.15, 0.2) is 67.0 Å². The van der Waals surface area contributed by atoms with E-state index in [2.05, 4.69) is 58.7 Å². The lowest BCUT2D eigenvalue weighted by atomic mass is 9.69. The summed E-state index contributed by atoms with van der Waals surface area (Å²) in [5.41, 5.74) is 5.07. The Balaban J connectivity index is 1.53. The minimum Gasteiger partial charge on any atom is -0.390 e. The maximum atomic E-state index is 10.0. The highest BCUT2D eigenvalue weighted by Crippen LogP contribution is 2.45. The Kier molecular flexibility index (Phi) is 4.14. The van der Waals surface area contributed by atoms with Gasteiger partial charge in [0.05, 0.1) is 22.4 Å². The summed E-state index contributed by atoms with van der Waals surface area (Å²) in [4.78, 5) is 6.11. The first-order chi connectivity index (χ1) is 13.6. The Morgan fingerprint density at radius 2 is 1.75 bits per heavy atom. The van der Waals surface area contributed by atoms with Crippen LogP contribution in [-0.2, 0) is 0 Å². The molecule has 0 radical (unpaired) electrons. The summed E-state index contributed by atoms with van der Waals surface area (Å²) >= 11 is 1.69. The van der Waals surface area contributed by atoms with Gasteiger partial charge in [-0.3, -0.25) is 5.10 Å². The van der Waals surface area contributed by atoms with Crippen molar-refractivity contribution in [2.45, 2.75) is 31.3 Å². The van der Waals surface area contributed by atoms with Crippen molar-refractivity contribution in [3.63, 3.8) is 0 Å². The number of hydrogen-bond acceptors (Lipinski definition) is 4. The summed E-state index contributed by atoms with van der Waals surface area (Å²) in [7, 11) is 0. The average molecular weight is 388 g/mol. The molecule has 2 aromatic heterocycles. The van der Waals surface area contributed by atoms with Gasteiger partial charge in [0, 0.05) is 17.3 Å². The molecule has 5 heteroatoms. The second-order valence-electron chi connectivity index (χ2n) is 7.77. The smallest absolute Gasteiger partial charge is 0.127 e. The van der Waals surface area contributed by atoms with Crippen molar-refractivity contribution in [1.29, 1.82) is 0 Å². The summed E-state index contributed by atoms with van der Waals surface area (Å²) in [6.07, 6.45) is 5.36. The van der Waals surface area contributed by atoms with Crippen LogP contribution < -0.4 is 0 Å². The Bertz CT molecular complexity index is 1070. The predicted octanol–water partition coefficient (Wildman–Crippen LogP) is 5.50. The van der Waals surface area contributed by atoms with Crippen molar-refractivity contribution in [2.75, 3.05) is 0 Å². The lowest BCUT2D eigenvalue weighted by Crippen LogP contribution is -2.39. The van der Waals surface area contributed by atoms with Crippen molar-refractivity contribution in [1.82, 2.24) is 15.2 Å². The standard InChI is InChI=1S/C23H21N3OS/c1-23(27)11-18(12-23)15-7-9-16(10-8-15)20-21(17-5-3-2-4-6-17)28-22(26-20)19-13-24-25-14-19/h2-10,13-14,18,27H,11-12H2,1H3,(H,24,25). The molecule has 1 fully saturated rings. The molecule has 0 atom stereocenters. The van der Waals surface area contributed by atoms with Crippen LogP contribution >= 0.6 is 11.3 Å². The van der Waals surface area contributed by atoms with Crippen LogP contribution in [0.2, 0.25) is 0 Å². The number of nitrogens with zero attached hydrogens (tertiary/aromatic N) is 2. The normalized spacial score (nSPS) is 21.4. The van der Waals surface area contributed by atoms with Gasteiger partial charge in [-0.15, -0.1) is 11.3 Å². The lowest BCUT2D eigenvalue weighted by molar-refractivity contribution is -0.0313. The number of H-pyrrole nitrogens is 1. The number of rotatable bonds is 4. The first-order valence-corrected chi connectivity index (χ1v) is 10.3. The highest BCUT2D eigenvalue weighted by Gasteiger charge is 2.38. The molecule has 0 spiro atoms. The van der Waals surface area contributed by atoms with Gasteiger partial charge in [0.1, 0.15) is 5.01 Å². The summed E-state index contributed by atoms with van der Waals surface area (Å²) in [6.45, 7) is 1.91. The zero-order chi connectivity index (χ0) is 19.1. The number of hydrogen-bond donors (Lipinski definition) is 2. The molecule has 28 heavy (non-hydrogen) atoms. The van der Waals surface area contributed by atoms with E-state index in [4.69, 9.17) is 4.98 Å². The fraction of sp³-hybridized carbons (Fsp3) is 0.217. The van der Waals surface area contributed by atoms with Gasteiger partial charge in [0.15, 0.2) is 0 Å². The molecule has 1 aliphatic rings. The van der Waals surface area contributed by atoms with Crippen LogP contribution in [0.4, 0.5) is 0 Å². The molecular weight excluding hydrogens is 366 g/mol. The van der Waals surface area contributed by atoms with Crippen molar-refractivity contribution in [2.24, 2.45) is 0 Å². The molecule has 1 aliphatic carbocycles. The minimum atomic E-state index is -0.502. The van der Waals surface area contributed by atoms with Crippen LogP contribution in [0.25, 0.3) is 32.3 Å². The largest absolute Gasteiger partial charge is 0.390 e.